The molecule has 156 valence electrons. The molecular formula is C22H21ClN2O4S. The van der Waals surface area contributed by atoms with Crippen LogP contribution < -0.4 is 14.8 Å². The van der Waals surface area contributed by atoms with Crippen molar-refractivity contribution < 1.29 is 17.9 Å². The first-order chi connectivity index (χ1) is 14.4. The van der Waals surface area contributed by atoms with Crippen molar-refractivity contribution in [3.63, 3.8) is 0 Å². The highest BCUT2D eigenvalue weighted by atomic mass is 35.5. The van der Waals surface area contributed by atoms with E-state index in [1.165, 1.54) is 24.3 Å². The zero-order valence-corrected chi connectivity index (χ0v) is 17.8. The highest BCUT2D eigenvalue weighted by molar-refractivity contribution is 7.89. The number of ether oxygens (including phenoxy) is 1. The second-order valence-electron chi connectivity index (χ2n) is 6.54. The van der Waals surface area contributed by atoms with Crippen LogP contribution in [0.15, 0.2) is 83.8 Å². The van der Waals surface area contributed by atoms with Gasteiger partial charge in [0.05, 0.1) is 12.0 Å². The van der Waals surface area contributed by atoms with Crippen LogP contribution in [0.5, 0.6) is 5.75 Å². The number of hydrogen-bond acceptors (Lipinski definition) is 4. The summed E-state index contributed by atoms with van der Waals surface area (Å²) in [6.07, 6.45) is 0.190. The van der Waals surface area contributed by atoms with Crippen LogP contribution in [0.4, 0.5) is 5.69 Å². The van der Waals surface area contributed by atoms with Crippen LogP contribution in [0.25, 0.3) is 0 Å². The lowest BCUT2D eigenvalue weighted by atomic mass is 10.1. The average Bonchev–Trinajstić information content (AvgIpc) is 2.74. The molecule has 0 aromatic heterocycles. The van der Waals surface area contributed by atoms with Gasteiger partial charge in [0.2, 0.25) is 15.9 Å². The zero-order valence-electron chi connectivity index (χ0n) is 16.2. The second-order valence-corrected chi connectivity index (χ2v) is 8.69. The van der Waals surface area contributed by atoms with Crippen LogP contribution >= 0.6 is 11.6 Å². The van der Waals surface area contributed by atoms with E-state index < -0.39 is 22.0 Å². The molecule has 1 amide bonds. The van der Waals surface area contributed by atoms with Crippen LogP contribution in [0.2, 0.25) is 5.02 Å². The molecule has 0 heterocycles. The van der Waals surface area contributed by atoms with Crippen molar-refractivity contribution in [3.8, 4) is 5.75 Å². The number of carbonyl (C=O) groups is 1. The molecule has 3 aromatic rings. The molecular weight excluding hydrogens is 424 g/mol. The van der Waals surface area contributed by atoms with Crippen molar-refractivity contribution >= 4 is 33.2 Å². The van der Waals surface area contributed by atoms with Crippen molar-refractivity contribution in [3.05, 3.63) is 89.4 Å². The smallest absolute Gasteiger partial charge is 0.242 e. The van der Waals surface area contributed by atoms with Gasteiger partial charge in [-0.15, -0.1) is 0 Å². The van der Waals surface area contributed by atoms with Gasteiger partial charge in [-0.1, -0.05) is 41.9 Å². The Morgan fingerprint density at radius 3 is 2.20 bits per heavy atom. The molecule has 0 saturated carbocycles. The van der Waals surface area contributed by atoms with E-state index in [1.807, 2.05) is 30.3 Å². The number of halogens is 1. The summed E-state index contributed by atoms with van der Waals surface area (Å²) in [5.74, 6) is 0.179. The summed E-state index contributed by atoms with van der Waals surface area (Å²) in [5, 5.41) is 3.18. The molecule has 0 aliphatic carbocycles. The topological polar surface area (TPSA) is 84.5 Å². The fourth-order valence-electron chi connectivity index (χ4n) is 2.81. The normalized spacial score (nSPS) is 12.2. The standard InChI is InChI=1S/C22H21ClN2O4S/c1-29-19-11-9-18(10-12-19)24-22(26)21(15-16-5-3-2-4-6-16)25-30(27,28)20-13-7-17(23)8-14-20/h2-14,21,25H,15H2,1H3,(H,24,26)/t21-/m0/s1. The number of hydrogen-bond donors (Lipinski definition) is 2. The molecule has 1 atom stereocenters. The Kier molecular flexibility index (Phi) is 7.10. The number of amides is 1. The fraction of sp³-hybridized carbons (Fsp3) is 0.136. The molecule has 0 spiro atoms. The van der Waals surface area contributed by atoms with Gasteiger partial charge in [-0.3, -0.25) is 4.79 Å². The summed E-state index contributed by atoms with van der Waals surface area (Å²) in [6, 6.07) is 20.7. The van der Waals surface area contributed by atoms with Gasteiger partial charge in [0.25, 0.3) is 0 Å². The largest absolute Gasteiger partial charge is 0.497 e. The van der Waals surface area contributed by atoms with Crippen LogP contribution in [0.3, 0.4) is 0 Å². The van der Waals surface area contributed by atoms with E-state index in [1.54, 1.807) is 31.4 Å². The molecule has 0 saturated heterocycles. The first-order valence-electron chi connectivity index (χ1n) is 9.14. The van der Waals surface area contributed by atoms with Crippen LogP contribution in [0, 0.1) is 0 Å². The summed E-state index contributed by atoms with van der Waals surface area (Å²) < 4.78 is 33.3. The molecule has 0 bridgehead atoms. The van der Waals surface area contributed by atoms with Gasteiger partial charge in [-0.25, -0.2) is 8.42 Å². The molecule has 0 radical (unpaired) electrons. The molecule has 0 fully saturated rings. The van der Waals surface area contributed by atoms with E-state index in [0.29, 0.717) is 16.5 Å². The minimum absolute atomic E-state index is 0.0298. The zero-order chi connectivity index (χ0) is 21.6. The first-order valence-corrected chi connectivity index (χ1v) is 11.0. The van der Waals surface area contributed by atoms with Gasteiger partial charge in [0, 0.05) is 10.7 Å². The van der Waals surface area contributed by atoms with Crippen molar-refractivity contribution in [1.82, 2.24) is 4.72 Å². The van der Waals surface area contributed by atoms with Crippen molar-refractivity contribution in [2.75, 3.05) is 12.4 Å². The van der Waals surface area contributed by atoms with E-state index >= 15 is 0 Å². The van der Waals surface area contributed by atoms with Crippen LogP contribution in [0.1, 0.15) is 5.56 Å². The maximum absolute atomic E-state index is 12.9. The summed E-state index contributed by atoms with van der Waals surface area (Å²) in [5.41, 5.74) is 1.36. The Balaban J connectivity index is 1.83. The Bertz CT molecular complexity index is 1090. The molecule has 6 nitrogen and oxygen atoms in total. The number of benzene rings is 3. The van der Waals surface area contributed by atoms with Crippen molar-refractivity contribution in [2.45, 2.75) is 17.4 Å². The fourth-order valence-corrected chi connectivity index (χ4v) is 4.13. The molecule has 0 aliphatic heterocycles. The maximum Gasteiger partial charge on any atom is 0.242 e. The van der Waals surface area contributed by atoms with Crippen molar-refractivity contribution in [1.29, 1.82) is 0 Å². The maximum atomic E-state index is 12.9. The molecule has 0 unspecified atom stereocenters. The van der Waals surface area contributed by atoms with Gasteiger partial charge in [-0.05, 0) is 60.5 Å². The Hall–Kier alpha value is -2.87. The minimum Gasteiger partial charge on any atom is -0.497 e. The highest BCUT2D eigenvalue weighted by Gasteiger charge is 2.26. The Labute approximate surface area is 180 Å². The van der Waals surface area contributed by atoms with Crippen LogP contribution in [-0.2, 0) is 21.2 Å². The number of carbonyl (C=O) groups excluding carboxylic acids is 1. The van der Waals surface area contributed by atoms with Gasteiger partial charge in [0.15, 0.2) is 0 Å². The number of sulfonamides is 1. The molecule has 2 N–H and O–H groups in total. The Morgan fingerprint density at radius 2 is 1.60 bits per heavy atom. The minimum atomic E-state index is -3.93. The van der Waals surface area contributed by atoms with E-state index in [4.69, 9.17) is 16.3 Å². The summed E-state index contributed by atoms with van der Waals surface area (Å²) in [6.45, 7) is 0. The predicted molar refractivity (Wildman–Crippen MR) is 117 cm³/mol. The van der Waals surface area contributed by atoms with E-state index in [9.17, 15) is 13.2 Å². The lowest BCUT2D eigenvalue weighted by molar-refractivity contribution is -0.117. The molecule has 3 aromatic carbocycles. The molecule has 3 rings (SSSR count). The first kappa shape index (κ1) is 21.8. The van der Waals surface area contributed by atoms with Gasteiger partial charge < -0.3 is 10.1 Å². The summed E-state index contributed by atoms with van der Waals surface area (Å²) in [7, 11) is -2.38. The van der Waals surface area contributed by atoms with E-state index in [2.05, 4.69) is 10.0 Å². The number of anilines is 1. The second kappa shape index (κ2) is 9.75. The number of nitrogens with one attached hydrogen (secondary N) is 2. The highest BCUT2D eigenvalue weighted by Crippen LogP contribution is 2.18. The number of methoxy groups -OCH3 is 1. The molecule has 30 heavy (non-hydrogen) atoms. The molecule has 8 heteroatoms. The van der Waals surface area contributed by atoms with Crippen molar-refractivity contribution in [2.24, 2.45) is 0 Å². The quantitative estimate of drug-likeness (QED) is 0.552. The summed E-state index contributed by atoms with van der Waals surface area (Å²) in [4.78, 5) is 13.0. The predicted octanol–water partition coefficient (Wildman–Crippen LogP) is 3.88. The monoisotopic (exact) mass is 444 g/mol. The average molecular weight is 445 g/mol. The van der Waals surface area contributed by atoms with Gasteiger partial charge in [0.1, 0.15) is 11.8 Å². The van der Waals surface area contributed by atoms with E-state index in [0.717, 1.165) is 5.56 Å². The lowest BCUT2D eigenvalue weighted by Crippen LogP contribution is -2.45. The summed E-state index contributed by atoms with van der Waals surface area (Å²) >= 11 is 5.85. The molecule has 0 aliphatic rings. The number of rotatable bonds is 8. The van der Waals surface area contributed by atoms with E-state index in [-0.39, 0.29) is 11.3 Å². The third kappa shape index (κ3) is 5.82. The van der Waals surface area contributed by atoms with Gasteiger partial charge >= 0.3 is 0 Å². The third-order valence-electron chi connectivity index (χ3n) is 4.38. The third-order valence-corrected chi connectivity index (χ3v) is 6.12. The lowest BCUT2D eigenvalue weighted by Gasteiger charge is -2.19. The Morgan fingerprint density at radius 1 is 0.967 bits per heavy atom. The van der Waals surface area contributed by atoms with Gasteiger partial charge in [-0.2, -0.15) is 4.72 Å². The SMILES string of the molecule is COc1ccc(NC(=O)[C@H](Cc2ccccc2)NS(=O)(=O)c2ccc(Cl)cc2)cc1. The van der Waals surface area contributed by atoms with Crippen LogP contribution in [-0.4, -0.2) is 27.5 Å².